The lowest BCUT2D eigenvalue weighted by molar-refractivity contribution is -0.129. The maximum absolute atomic E-state index is 13.5. The number of pyridine rings is 1. The van der Waals surface area contributed by atoms with Crippen molar-refractivity contribution in [3.8, 4) is 0 Å². The number of hydrogen-bond donors (Lipinski definition) is 1. The van der Waals surface area contributed by atoms with Gasteiger partial charge in [-0.25, -0.2) is 4.39 Å². The van der Waals surface area contributed by atoms with Crippen molar-refractivity contribution < 1.29 is 9.18 Å². The van der Waals surface area contributed by atoms with Crippen molar-refractivity contribution in [2.75, 3.05) is 19.6 Å². The molecule has 3 rings (SSSR count). The number of piperazine rings is 1. The average Bonchev–Trinajstić information content (AvgIpc) is 2.56. The molecule has 0 radical (unpaired) electrons. The molecule has 0 unspecified atom stereocenters. The van der Waals surface area contributed by atoms with Crippen molar-refractivity contribution in [1.82, 2.24) is 15.2 Å². The maximum atomic E-state index is 13.5. The van der Waals surface area contributed by atoms with Crippen LogP contribution in [-0.2, 0) is 11.2 Å². The Morgan fingerprint density at radius 3 is 3.00 bits per heavy atom. The van der Waals surface area contributed by atoms with Crippen LogP contribution in [0.15, 0.2) is 48.8 Å². The van der Waals surface area contributed by atoms with Gasteiger partial charge in [0.05, 0.1) is 0 Å². The first kappa shape index (κ1) is 15.6. The third-order valence-electron chi connectivity index (χ3n) is 4.11. The average molecular weight is 313 g/mol. The van der Waals surface area contributed by atoms with E-state index in [0.717, 1.165) is 25.9 Å². The summed E-state index contributed by atoms with van der Waals surface area (Å²) in [5.74, 6) is -0.362. The van der Waals surface area contributed by atoms with E-state index in [9.17, 15) is 9.18 Å². The summed E-state index contributed by atoms with van der Waals surface area (Å²) in [7, 11) is 0. The number of benzene rings is 1. The van der Waals surface area contributed by atoms with Crippen LogP contribution in [0.1, 0.15) is 23.6 Å². The standard InChI is InChI=1S/C18H20FN3O/c19-16-7-1-6-15(12-16)17-18(23)21-9-11-22(17)10-3-5-14-4-2-8-20-13-14/h1-2,4,6-8,12-13,17H,3,5,9-11H2,(H,21,23)/t17-/m1/s1. The summed E-state index contributed by atoms with van der Waals surface area (Å²) in [6, 6.07) is 9.89. The Hall–Kier alpha value is -2.27. The number of aromatic nitrogens is 1. The quantitative estimate of drug-likeness (QED) is 0.921. The summed E-state index contributed by atoms with van der Waals surface area (Å²) in [6.45, 7) is 2.21. The molecule has 1 amide bonds. The molecule has 5 heteroatoms. The predicted octanol–water partition coefficient (Wildman–Crippen LogP) is 2.33. The zero-order valence-electron chi connectivity index (χ0n) is 12.9. The SMILES string of the molecule is O=C1NCCN(CCCc2cccnc2)[C@@H]1c1cccc(F)c1. The number of hydrogen-bond acceptors (Lipinski definition) is 3. The van der Waals surface area contributed by atoms with E-state index in [1.165, 1.54) is 17.7 Å². The summed E-state index contributed by atoms with van der Waals surface area (Å²) < 4.78 is 13.5. The van der Waals surface area contributed by atoms with Gasteiger partial charge in [-0.15, -0.1) is 0 Å². The molecule has 1 fully saturated rings. The number of halogens is 1. The van der Waals surface area contributed by atoms with Crippen LogP contribution in [0.5, 0.6) is 0 Å². The summed E-state index contributed by atoms with van der Waals surface area (Å²) in [6.07, 6.45) is 5.48. The van der Waals surface area contributed by atoms with Crippen LogP contribution in [0.3, 0.4) is 0 Å². The van der Waals surface area contributed by atoms with E-state index in [2.05, 4.69) is 21.3 Å². The number of rotatable bonds is 5. The van der Waals surface area contributed by atoms with Gasteiger partial charge in [0.25, 0.3) is 0 Å². The van der Waals surface area contributed by atoms with Crippen LogP contribution < -0.4 is 5.32 Å². The van der Waals surface area contributed by atoms with Gasteiger partial charge in [-0.3, -0.25) is 14.7 Å². The highest BCUT2D eigenvalue weighted by atomic mass is 19.1. The van der Waals surface area contributed by atoms with Crippen molar-refractivity contribution in [2.45, 2.75) is 18.9 Å². The third kappa shape index (κ3) is 3.93. The Morgan fingerprint density at radius 2 is 2.22 bits per heavy atom. The number of nitrogens with one attached hydrogen (secondary N) is 1. The third-order valence-corrected chi connectivity index (χ3v) is 4.11. The molecule has 0 aliphatic carbocycles. The van der Waals surface area contributed by atoms with Gasteiger partial charge >= 0.3 is 0 Å². The Morgan fingerprint density at radius 1 is 1.30 bits per heavy atom. The first-order chi connectivity index (χ1) is 11.2. The molecule has 1 aliphatic heterocycles. The van der Waals surface area contributed by atoms with Crippen molar-refractivity contribution in [1.29, 1.82) is 0 Å². The first-order valence-corrected chi connectivity index (χ1v) is 7.90. The van der Waals surface area contributed by atoms with Gasteiger partial charge in [0, 0.05) is 25.5 Å². The number of amides is 1. The molecule has 2 aromatic rings. The number of nitrogens with zero attached hydrogens (tertiary/aromatic N) is 2. The lowest BCUT2D eigenvalue weighted by atomic mass is 10.0. The molecule has 120 valence electrons. The van der Waals surface area contributed by atoms with Crippen molar-refractivity contribution in [2.24, 2.45) is 0 Å². The second-order valence-electron chi connectivity index (χ2n) is 5.75. The highest BCUT2D eigenvalue weighted by Gasteiger charge is 2.30. The molecule has 1 N–H and O–H groups in total. The van der Waals surface area contributed by atoms with Crippen LogP contribution in [0.25, 0.3) is 0 Å². The van der Waals surface area contributed by atoms with Crippen molar-refractivity contribution in [3.05, 3.63) is 65.7 Å². The number of aryl methyl sites for hydroxylation is 1. The fourth-order valence-electron chi connectivity index (χ4n) is 3.03. The molecular formula is C18H20FN3O. The smallest absolute Gasteiger partial charge is 0.242 e. The minimum Gasteiger partial charge on any atom is -0.353 e. The second kappa shape index (κ2) is 7.33. The van der Waals surface area contributed by atoms with Crippen LogP contribution in [-0.4, -0.2) is 35.4 Å². The first-order valence-electron chi connectivity index (χ1n) is 7.90. The topological polar surface area (TPSA) is 45.2 Å². The van der Waals surface area contributed by atoms with Crippen molar-refractivity contribution >= 4 is 5.91 Å². The minimum atomic E-state index is -0.409. The molecule has 1 aliphatic rings. The molecule has 1 saturated heterocycles. The Labute approximate surface area is 135 Å². The monoisotopic (exact) mass is 313 g/mol. The predicted molar refractivity (Wildman–Crippen MR) is 86.3 cm³/mol. The molecule has 23 heavy (non-hydrogen) atoms. The fraction of sp³-hybridized carbons (Fsp3) is 0.333. The summed E-state index contributed by atoms with van der Waals surface area (Å²) in [5.41, 5.74) is 1.90. The molecule has 1 atom stereocenters. The number of carbonyl (C=O) groups excluding carboxylic acids is 1. The van der Waals surface area contributed by atoms with E-state index >= 15 is 0 Å². The van der Waals surface area contributed by atoms with E-state index in [-0.39, 0.29) is 11.7 Å². The fourth-order valence-corrected chi connectivity index (χ4v) is 3.03. The molecule has 1 aromatic carbocycles. The van der Waals surface area contributed by atoms with Gasteiger partial charge in [-0.2, -0.15) is 0 Å². The van der Waals surface area contributed by atoms with Crippen molar-refractivity contribution in [3.63, 3.8) is 0 Å². The molecule has 0 saturated carbocycles. The zero-order valence-corrected chi connectivity index (χ0v) is 12.9. The second-order valence-corrected chi connectivity index (χ2v) is 5.75. The van der Waals surface area contributed by atoms with E-state index in [4.69, 9.17) is 0 Å². The molecule has 1 aromatic heterocycles. The number of carbonyl (C=O) groups is 1. The normalized spacial score (nSPS) is 18.7. The van der Waals surface area contributed by atoms with Gasteiger partial charge < -0.3 is 5.32 Å². The summed E-state index contributed by atoms with van der Waals surface area (Å²) in [5, 5.41) is 2.88. The Bertz CT molecular complexity index is 662. The van der Waals surface area contributed by atoms with Gasteiger partial charge in [0.1, 0.15) is 11.9 Å². The molecule has 4 nitrogen and oxygen atoms in total. The maximum Gasteiger partial charge on any atom is 0.242 e. The van der Waals surface area contributed by atoms with E-state index in [1.807, 2.05) is 18.3 Å². The lowest BCUT2D eigenvalue weighted by Gasteiger charge is -2.35. The molecular weight excluding hydrogens is 293 g/mol. The van der Waals surface area contributed by atoms with Gasteiger partial charge in [0.2, 0.25) is 5.91 Å². The van der Waals surface area contributed by atoms with E-state index in [1.54, 1.807) is 12.3 Å². The van der Waals surface area contributed by atoms with Gasteiger partial charge in [0.15, 0.2) is 0 Å². The highest BCUT2D eigenvalue weighted by molar-refractivity contribution is 5.83. The molecule has 0 bridgehead atoms. The Kier molecular flexibility index (Phi) is 4.98. The van der Waals surface area contributed by atoms with Gasteiger partial charge in [-0.1, -0.05) is 18.2 Å². The lowest BCUT2D eigenvalue weighted by Crippen LogP contribution is -2.50. The summed E-state index contributed by atoms with van der Waals surface area (Å²) in [4.78, 5) is 18.5. The summed E-state index contributed by atoms with van der Waals surface area (Å²) >= 11 is 0. The highest BCUT2D eigenvalue weighted by Crippen LogP contribution is 2.24. The Balaban J connectivity index is 1.67. The van der Waals surface area contributed by atoms with Crippen LogP contribution >= 0.6 is 0 Å². The molecule has 0 spiro atoms. The van der Waals surface area contributed by atoms with E-state index < -0.39 is 6.04 Å². The van der Waals surface area contributed by atoms with Gasteiger partial charge in [-0.05, 0) is 48.7 Å². The van der Waals surface area contributed by atoms with Crippen LogP contribution in [0.2, 0.25) is 0 Å². The van der Waals surface area contributed by atoms with Crippen LogP contribution in [0, 0.1) is 5.82 Å². The minimum absolute atomic E-state index is 0.0526. The van der Waals surface area contributed by atoms with Crippen LogP contribution in [0.4, 0.5) is 4.39 Å². The molecule has 2 heterocycles. The largest absolute Gasteiger partial charge is 0.353 e. The zero-order chi connectivity index (χ0) is 16.1. The van der Waals surface area contributed by atoms with E-state index in [0.29, 0.717) is 12.1 Å².